The van der Waals surface area contributed by atoms with Crippen LogP contribution in [0.2, 0.25) is 5.02 Å². The number of carbonyl (C=O) groups excluding carboxylic acids is 1. The Hall–Kier alpha value is -2.53. The summed E-state index contributed by atoms with van der Waals surface area (Å²) in [6.07, 6.45) is 0.853. The van der Waals surface area contributed by atoms with Gasteiger partial charge in [0.15, 0.2) is 6.10 Å². The number of hydrazone groups is 1. The first-order valence-corrected chi connectivity index (χ1v) is 8.19. The molecule has 0 fully saturated rings. The van der Waals surface area contributed by atoms with E-state index in [1.165, 1.54) is 0 Å². The lowest BCUT2D eigenvalue weighted by Crippen LogP contribution is -2.33. The van der Waals surface area contributed by atoms with E-state index in [9.17, 15) is 4.79 Å². The third-order valence-electron chi connectivity index (χ3n) is 3.57. The van der Waals surface area contributed by atoms with E-state index >= 15 is 0 Å². The molecule has 0 aromatic heterocycles. The fourth-order valence-corrected chi connectivity index (χ4v) is 2.32. The van der Waals surface area contributed by atoms with E-state index in [4.69, 9.17) is 21.1 Å². The Kier molecular flexibility index (Phi) is 6.42. The third kappa shape index (κ3) is 5.22. The van der Waals surface area contributed by atoms with Gasteiger partial charge in [-0.15, -0.1) is 0 Å². The molecule has 0 aliphatic rings. The molecule has 1 atom stereocenters. The fraction of sp³-hybridized carbons (Fsp3) is 0.263. The molecule has 0 heterocycles. The Bertz CT molecular complexity index is 767. The van der Waals surface area contributed by atoms with Crippen LogP contribution in [-0.4, -0.2) is 25.3 Å². The minimum Gasteiger partial charge on any atom is -0.497 e. The Morgan fingerprint density at radius 2 is 1.88 bits per heavy atom. The summed E-state index contributed by atoms with van der Waals surface area (Å²) in [5.74, 6) is 0.976. The van der Waals surface area contributed by atoms with Gasteiger partial charge in [-0.25, -0.2) is 5.43 Å². The van der Waals surface area contributed by atoms with E-state index in [0.717, 1.165) is 22.4 Å². The highest BCUT2D eigenvalue weighted by Gasteiger charge is 2.15. The van der Waals surface area contributed by atoms with Crippen LogP contribution in [-0.2, 0) is 4.79 Å². The highest BCUT2D eigenvalue weighted by Crippen LogP contribution is 2.26. The zero-order valence-corrected chi connectivity index (χ0v) is 15.4. The van der Waals surface area contributed by atoms with Crippen LogP contribution in [0.25, 0.3) is 0 Å². The van der Waals surface area contributed by atoms with Crippen molar-refractivity contribution in [1.82, 2.24) is 5.43 Å². The van der Waals surface area contributed by atoms with Crippen molar-refractivity contribution in [2.75, 3.05) is 7.11 Å². The van der Waals surface area contributed by atoms with Gasteiger partial charge in [0.1, 0.15) is 11.5 Å². The van der Waals surface area contributed by atoms with Crippen molar-refractivity contribution in [3.63, 3.8) is 0 Å². The molecule has 2 aromatic carbocycles. The molecule has 0 bridgehead atoms. The summed E-state index contributed by atoms with van der Waals surface area (Å²) < 4.78 is 10.8. The Morgan fingerprint density at radius 3 is 2.52 bits per heavy atom. The second-order valence-electron chi connectivity index (χ2n) is 5.64. The Balaban J connectivity index is 1.95. The molecular weight excluding hydrogens is 340 g/mol. The van der Waals surface area contributed by atoms with Crippen molar-refractivity contribution in [2.24, 2.45) is 5.10 Å². The van der Waals surface area contributed by atoms with Crippen molar-refractivity contribution >= 4 is 23.7 Å². The second-order valence-corrected chi connectivity index (χ2v) is 6.02. The molecule has 1 unspecified atom stereocenters. The number of benzene rings is 2. The molecule has 0 radical (unpaired) electrons. The van der Waals surface area contributed by atoms with Gasteiger partial charge in [-0.2, -0.15) is 5.10 Å². The molecule has 0 spiro atoms. The van der Waals surface area contributed by atoms with Crippen LogP contribution in [0.1, 0.15) is 23.6 Å². The number of carbonyl (C=O) groups is 1. The molecule has 2 rings (SSSR count). The molecule has 0 aliphatic carbocycles. The van der Waals surface area contributed by atoms with Gasteiger partial charge in [-0.1, -0.05) is 23.7 Å². The summed E-state index contributed by atoms with van der Waals surface area (Å²) in [5, 5.41) is 4.65. The molecule has 6 heteroatoms. The number of halogens is 1. The normalized spacial score (nSPS) is 12.0. The molecule has 5 nitrogen and oxygen atoms in total. The lowest BCUT2D eigenvalue weighted by Gasteiger charge is -2.14. The summed E-state index contributed by atoms with van der Waals surface area (Å²) in [6, 6.07) is 11.0. The predicted octanol–water partition coefficient (Wildman–Crippen LogP) is 3.88. The number of nitrogens with one attached hydrogen (secondary N) is 1. The standard InChI is InChI=1S/C19H21ClN2O3/c1-12-8-17(9-13(2)18(12)20)25-14(3)19(23)22-21-11-15-6-5-7-16(10-15)24-4/h5-11,14H,1-4H3,(H,22,23)/b21-11+. The smallest absolute Gasteiger partial charge is 0.280 e. The summed E-state index contributed by atoms with van der Waals surface area (Å²) in [5.41, 5.74) is 5.09. The van der Waals surface area contributed by atoms with Crippen LogP contribution in [0, 0.1) is 13.8 Å². The van der Waals surface area contributed by atoms with Gasteiger partial charge >= 0.3 is 0 Å². The van der Waals surface area contributed by atoms with E-state index in [1.54, 1.807) is 32.4 Å². The first-order chi connectivity index (χ1) is 11.9. The average Bonchev–Trinajstić information content (AvgIpc) is 2.59. The van der Waals surface area contributed by atoms with Crippen LogP contribution in [0.5, 0.6) is 11.5 Å². The second kappa shape index (κ2) is 8.53. The maximum atomic E-state index is 12.1. The van der Waals surface area contributed by atoms with E-state index in [1.807, 2.05) is 38.1 Å². The number of ether oxygens (including phenoxy) is 2. The number of amides is 1. The van der Waals surface area contributed by atoms with Gasteiger partial charge in [-0.3, -0.25) is 4.79 Å². The summed E-state index contributed by atoms with van der Waals surface area (Å²) in [7, 11) is 1.59. The van der Waals surface area contributed by atoms with E-state index in [2.05, 4.69) is 10.5 Å². The van der Waals surface area contributed by atoms with Crippen LogP contribution in [0.15, 0.2) is 41.5 Å². The quantitative estimate of drug-likeness (QED) is 0.628. The number of aryl methyl sites for hydroxylation is 2. The number of nitrogens with zero attached hydrogens (tertiary/aromatic N) is 1. The largest absolute Gasteiger partial charge is 0.497 e. The average molecular weight is 361 g/mol. The van der Waals surface area contributed by atoms with Gasteiger partial charge in [0.2, 0.25) is 0 Å². The zero-order chi connectivity index (χ0) is 18.4. The molecule has 0 saturated carbocycles. The van der Waals surface area contributed by atoms with Gasteiger partial charge in [0.05, 0.1) is 13.3 Å². The van der Waals surface area contributed by atoms with Gasteiger partial charge in [0.25, 0.3) is 5.91 Å². The maximum Gasteiger partial charge on any atom is 0.280 e. The lowest BCUT2D eigenvalue weighted by molar-refractivity contribution is -0.127. The van der Waals surface area contributed by atoms with Crippen molar-refractivity contribution in [1.29, 1.82) is 0 Å². The van der Waals surface area contributed by atoms with Gasteiger partial charge in [-0.05, 0) is 61.7 Å². The summed E-state index contributed by atoms with van der Waals surface area (Å²) in [6.45, 7) is 5.45. The van der Waals surface area contributed by atoms with Crippen molar-refractivity contribution in [2.45, 2.75) is 26.9 Å². The molecule has 132 valence electrons. The first-order valence-electron chi connectivity index (χ1n) is 7.81. The minimum atomic E-state index is -0.692. The van der Waals surface area contributed by atoms with Crippen molar-refractivity contribution < 1.29 is 14.3 Å². The molecular formula is C19H21ClN2O3. The monoisotopic (exact) mass is 360 g/mol. The molecule has 1 N–H and O–H groups in total. The van der Waals surface area contributed by atoms with E-state index in [-0.39, 0.29) is 5.91 Å². The van der Waals surface area contributed by atoms with Crippen LogP contribution < -0.4 is 14.9 Å². The fourth-order valence-electron chi connectivity index (χ4n) is 2.22. The first kappa shape index (κ1) is 18.8. The van der Waals surface area contributed by atoms with Crippen LogP contribution >= 0.6 is 11.6 Å². The highest BCUT2D eigenvalue weighted by atomic mass is 35.5. The lowest BCUT2D eigenvalue weighted by atomic mass is 10.1. The Morgan fingerprint density at radius 1 is 1.20 bits per heavy atom. The van der Waals surface area contributed by atoms with E-state index in [0.29, 0.717) is 10.8 Å². The number of methoxy groups -OCH3 is 1. The summed E-state index contributed by atoms with van der Waals surface area (Å²) >= 11 is 6.13. The third-order valence-corrected chi connectivity index (χ3v) is 4.17. The van der Waals surface area contributed by atoms with Crippen molar-refractivity contribution in [3.8, 4) is 11.5 Å². The van der Waals surface area contributed by atoms with Crippen LogP contribution in [0.4, 0.5) is 0 Å². The number of rotatable bonds is 6. The maximum absolute atomic E-state index is 12.1. The van der Waals surface area contributed by atoms with Gasteiger partial charge < -0.3 is 9.47 Å². The number of hydrogen-bond acceptors (Lipinski definition) is 4. The molecule has 0 saturated heterocycles. The van der Waals surface area contributed by atoms with Crippen molar-refractivity contribution in [3.05, 3.63) is 58.1 Å². The minimum absolute atomic E-state index is 0.343. The molecule has 25 heavy (non-hydrogen) atoms. The molecule has 0 aliphatic heterocycles. The zero-order valence-electron chi connectivity index (χ0n) is 14.7. The highest BCUT2D eigenvalue weighted by molar-refractivity contribution is 6.32. The molecule has 2 aromatic rings. The predicted molar refractivity (Wildman–Crippen MR) is 99.7 cm³/mol. The molecule has 1 amide bonds. The van der Waals surface area contributed by atoms with Gasteiger partial charge in [0, 0.05) is 5.02 Å². The summed E-state index contributed by atoms with van der Waals surface area (Å²) in [4.78, 5) is 12.1. The topological polar surface area (TPSA) is 59.9 Å². The number of hydrogen-bond donors (Lipinski definition) is 1. The Labute approximate surface area is 152 Å². The van der Waals surface area contributed by atoms with Crippen LogP contribution in [0.3, 0.4) is 0 Å². The van der Waals surface area contributed by atoms with E-state index < -0.39 is 6.10 Å². The SMILES string of the molecule is COc1cccc(/C=N/NC(=O)C(C)Oc2cc(C)c(Cl)c(C)c2)c1.